The fourth-order valence-electron chi connectivity index (χ4n) is 1.32. The normalized spacial score (nSPS) is 12.7. The van der Waals surface area contributed by atoms with Crippen LogP contribution in [0.4, 0.5) is 0 Å². The molecule has 2 rings (SSSR count). The lowest BCUT2D eigenvalue weighted by Crippen LogP contribution is -2.09. The molecule has 0 aliphatic heterocycles. The van der Waals surface area contributed by atoms with Gasteiger partial charge in [0.1, 0.15) is 12.7 Å². The summed E-state index contributed by atoms with van der Waals surface area (Å²) < 4.78 is 2.73. The van der Waals surface area contributed by atoms with Gasteiger partial charge < -0.3 is 5.11 Å². The number of hydrogen-bond acceptors (Lipinski definition) is 3. The molecular formula is C10H10IN3O. The molecule has 15 heavy (non-hydrogen) atoms. The van der Waals surface area contributed by atoms with E-state index < -0.39 is 6.10 Å². The minimum atomic E-state index is -0.540. The van der Waals surface area contributed by atoms with Crippen LogP contribution in [-0.4, -0.2) is 19.9 Å². The van der Waals surface area contributed by atoms with Crippen LogP contribution < -0.4 is 0 Å². The molecule has 0 saturated heterocycles. The molecule has 1 heterocycles. The van der Waals surface area contributed by atoms with Crippen molar-refractivity contribution in [1.29, 1.82) is 0 Å². The molecule has 0 aliphatic carbocycles. The van der Waals surface area contributed by atoms with Gasteiger partial charge in [0.2, 0.25) is 0 Å². The first-order valence-corrected chi connectivity index (χ1v) is 5.59. The van der Waals surface area contributed by atoms with Crippen LogP contribution in [0.3, 0.4) is 0 Å². The maximum Gasteiger partial charge on any atom is 0.137 e. The number of hydrogen-bond donors (Lipinski definition) is 1. The maximum atomic E-state index is 9.92. The average molecular weight is 315 g/mol. The van der Waals surface area contributed by atoms with Crippen molar-refractivity contribution in [2.75, 3.05) is 0 Å². The Kier molecular flexibility index (Phi) is 3.32. The van der Waals surface area contributed by atoms with Crippen LogP contribution in [0.2, 0.25) is 0 Å². The van der Waals surface area contributed by atoms with E-state index in [0.29, 0.717) is 6.54 Å². The third-order valence-electron chi connectivity index (χ3n) is 2.06. The largest absolute Gasteiger partial charge is 0.386 e. The highest BCUT2D eigenvalue weighted by Crippen LogP contribution is 2.16. The van der Waals surface area contributed by atoms with E-state index in [-0.39, 0.29) is 0 Å². The predicted molar refractivity (Wildman–Crippen MR) is 64.1 cm³/mol. The van der Waals surface area contributed by atoms with Crippen LogP contribution >= 0.6 is 22.6 Å². The molecule has 1 atom stereocenters. The fourth-order valence-corrected chi connectivity index (χ4v) is 1.89. The predicted octanol–water partition coefficient (Wildman–Crippen LogP) is 1.62. The van der Waals surface area contributed by atoms with E-state index in [1.165, 1.54) is 6.33 Å². The number of aromatic nitrogens is 3. The van der Waals surface area contributed by atoms with Crippen molar-refractivity contribution in [3.05, 3.63) is 46.1 Å². The van der Waals surface area contributed by atoms with Gasteiger partial charge in [-0.15, -0.1) is 0 Å². The molecule has 1 N–H and O–H groups in total. The maximum absolute atomic E-state index is 9.92. The van der Waals surface area contributed by atoms with Gasteiger partial charge in [0.25, 0.3) is 0 Å². The molecule has 5 heteroatoms. The molecule has 78 valence electrons. The number of aliphatic hydroxyl groups is 1. The first-order chi connectivity index (χ1) is 7.25. The van der Waals surface area contributed by atoms with Crippen molar-refractivity contribution in [3.63, 3.8) is 0 Å². The second-order valence-corrected chi connectivity index (χ2v) is 4.43. The topological polar surface area (TPSA) is 50.9 Å². The summed E-state index contributed by atoms with van der Waals surface area (Å²) in [5.41, 5.74) is 0.900. The van der Waals surface area contributed by atoms with E-state index >= 15 is 0 Å². The molecule has 0 fully saturated rings. The molecule has 1 aromatic heterocycles. The van der Waals surface area contributed by atoms with Gasteiger partial charge in [-0.25, -0.2) is 4.98 Å². The number of aliphatic hydroxyl groups excluding tert-OH is 1. The molecule has 0 aliphatic rings. The van der Waals surface area contributed by atoms with E-state index in [1.54, 1.807) is 11.0 Å². The Morgan fingerprint density at radius 2 is 2.33 bits per heavy atom. The van der Waals surface area contributed by atoms with Crippen molar-refractivity contribution in [2.45, 2.75) is 12.6 Å². The van der Waals surface area contributed by atoms with E-state index in [4.69, 9.17) is 0 Å². The van der Waals surface area contributed by atoms with E-state index in [9.17, 15) is 5.11 Å². The molecule has 0 bridgehead atoms. The van der Waals surface area contributed by atoms with Gasteiger partial charge in [-0.2, -0.15) is 5.10 Å². The summed E-state index contributed by atoms with van der Waals surface area (Å²) in [6.45, 7) is 0.431. The molecule has 4 nitrogen and oxygen atoms in total. The Morgan fingerprint density at radius 1 is 1.47 bits per heavy atom. The lowest BCUT2D eigenvalue weighted by Gasteiger charge is -2.10. The van der Waals surface area contributed by atoms with Gasteiger partial charge in [0, 0.05) is 3.57 Å². The van der Waals surface area contributed by atoms with Crippen LogP contribution in [0.5, 0.6) is 0 Å². The van der Waals surface area contributed by atoms with Crippen LogP contribution in [0.25, 0.3) is 0 Å². The van der Waals surface area contributed by atoms with Gasteiger partial charge in [-0.3, -0.25) is 4.68 Å². The number of rotatable bonds is 3. The van der Waals surface area contributed by atoms with Crippen molar-refractivity contribution in [1.82, 2.24) is 14.8 Å². The van der Waals surface area contributed by atoms with E-state index in [0.717, 1.165) is 9.13 Å². The summed E-state index contributed by atoms with van der Waals surface area (Å²) in [7, 11) is 0. The highest BCUT2D eigenvalue weighted by atomic mass is 127. The van der Waals surface area contributed by atoms with Crippen LogP contribution in [0.15, 0.2) is 36.9 Å². The number of benzene rings is 1. The molecule has 1 aromatic carbocycles. The molecule has 0 radical (unpaired) electrons. The Morgan fingerprint density at radius 3 is 3.00 bits per heavy atom. The zero-order valence-electron chi connectivity index (χ0n) is 7.92. The Hall–Kier alpha value is -0.950. The minimum absolute atomic E-state index is 0.431. The quantitative estimate of drug-likeness (QED) is 0.876. The third-order valence-corrected chi connectivity index (χ3v) is 2.73. The van der Waals surface area contributed by atoms with Crippen molar-refractivity contribution in [2.24, 2.45) is 0 Å². The fraction of sp³-hybridized carbons (Fsp3) is 0.200. The van der Waals surface area contributed by atoms with Crippen LogP contribution in [-0.2, 0) is 6.54 Å². The zero-order valence-corrected chi connectivity index (χ0v) is 10.1. The van der Waals surface area contributed by atoms with E-state index in [2.05, 4.69) is 32.7 Å². The van der Waals surface area contributed by atoms with Crippen LogP contribution in [0, 0.1) is 3.57 Å². The highest BCUT2D eigenvalue weighted by Gasteiger charge is 2.08. The van der Waals surface area contributed by atoms with Crippen LogP contribution in [0.1, 0.15) is 11.7 Å². The van der Waals surface area contributed by atoms with Crippen molar-refractivity contribution >= 4 is 22.6 Å². The van der Waals surface area contributed by atoms with Crippen molar-refractivity contribution in [3.8, 4) is 0 Å². The van der Waals surface area contributed by atoms with Gasteiger partial charge in [-0.05, 0) is 40.3 Å². The Balaban J connectivity index is 2.11. The van der Waals surface area contributed by atoms with Gasteiger partial charge in [0.05, 0.1) is 12.6 Å². The Labute approximate surface area is 101 Å². The minimum Gasteiger partial charge on any atom is -0.386 e. The second-order valence-electron chi connectivity index (χ2n) is 3.19. The van der Waals surface area contributed by atoms with E-state index in [1.807, 2.05) is 24.3 Å². The first-order valence-electron chi connectivity index (χ1n) is 4.51. The summed E-state index contributed by atoms with van der Waals surface area (Å²) in [4.78, 5) is 3.83. The molecule has 0 amide bonds. The lowest BCUT2D eigenvalue weighted by atomic mass is 10.1. The molecule has 1 unspecified atom stereocenters. The monoisotopic (exact) mass is 315 g/mol. The lowest BCUT2D eigenvalue weighted by molar-refractivity contribution is 0.151. The highest BCUT2D eigenvalue weighted by molar-refractivity contribution is 14.1. The summed E-state index contributed by atoms with van der Waals surface area (Å²) in [6.07, 6.45) is 2.51. The SMILES string of the molecule is OC(Cn1cncn1)c1cccc(I)c1. The molecular weight excluding hydrogens is 305 g/mol. The first kappa shape index (κ1) is 10.6. The summed E-state index contributed by atoms with van der Waals surface area (Å²) >= 11 is 2.22. The van der Waals surface area contributed by atoms with Gasteiger partial charge >= 0.3 is 0 Å². The summed E-state index contributed by atoms with van der Waals surface area (Å²) in [5.74, 6) is 0. The zero-order chi connectivity index (χ0) is 10.7. The molecule has 2 aromatic rings. The van der Waals surface area contributed by atoms with Gasteiger partial charge in [0.15, 0.2) is 0 Å². The smallest absolute Gasteiger partial charge is 0.137 e. The second kappa shape index (κ2) is 4.71. The number of halogens is 1. The van der Waals surface area contributed by atoms with Crippen molar-refractivity contribution < 1.29 is 5.11 Å². The molecule has 0 saturated carbocycles. The third kappa shape index (κ3) is 2.75. The summed E-state index contributed by atoms with van der Waals surface area (Å²) in [6, 6.07) is 7.79. The summed E-state index contributed by atoms with van der Waals surface area (Å²) in [5, 5.41) is 13.9. The average Bonchev–Trinajstić information content (AvgIpc) is 2.70. The number of nitrogens with zero attached hydrogens (tertiary/aromatic N) is 3. The van der Waals surface area contributed by atoms with Gasteiger partial charge in [-0.1, -0.05) is 12.1 Å². The Bertz CT molecular complexity index is 430. The molecule has 0 spiro atoms. The standard InChI is InChI=1S/C10H10IN3O/c11-9-3-1-2-8(4-9)10(15)5-14-7-12-6-13-14/h1-4,6-7,10,15H,5H2.